The van der Waals surface area contributed by atoms with E-state index in [1.54, 1.807) is 36.1 Å². The van der Waals surface area contributed by atoms with Gasteiger partial charge in [-0.1, -0.05) is 49.4 Å². The molecule has 7 nitrogen and oxygen atoms in total. The molecule has 1 aliphatic rings. The van der Waals surface area contributed by atoms with Crippen molar-refractivity contribution < 1.29 is 19.2 Å². The lowest BCUT2D eigenvalue weighted by atomic mass is 10.1. The van der Waals surface area contributed by atoms with Crippen molar-refractivity contribution in [2.45, 2.75) is 45.7 Å². The second-order valence-corrected chi connectivity index (χ2v) is 7.89. The van der Waals surface area contributed by atoms with Crippen molar-refractivity contribution in [3.63, 3.8) is 0 Å². The van der Waals surface area contributed by atoms with Crippen LogP contribution in [0.4, 0.5) is 0 Å². The minimum atomic E-state index is -0.631. The minimum absolute atomic E-state index is 0.131. The molecule has 2 aromatic rings. The summed E-state index contributed by atoms with van der Waals surface area (Å²) in [6.07, 6.45) is 1.27. The van der Waals surface area contributed by atoms with Gasteiger partial charge in [0, 0.05) is 26.1 Å². The third-order valence-corrected chi connectivity index (χ3v) is 5.56. The Bertz CT molecular complexity index is 955. The number of hydrogen-bond acceptors (Lipinski definition) is 4. The average molecular weight is 436 g/mol. The first kappa shape index (κ1) is 23.2. The van der Waals surface area contributed by atoms with Crippen LogP contribution in [0.2, 0.25) is 0 Å². The number of nitrogens with one attached hydrogen (secondary N) is 1. The summed E-state index contributed by atoms with van der Waals surface area (Å²) in [5, 5.41) is 2.85. The predicted molar refractivity (Wildman–Crippen MR) is 121 cm³/mol. The standard InChI is InChI=1S/C25H29N3O4/c1-3-15-26-23(30)18(2)28(17-19-10-5-4-6-11-19)22(29)14-9-16-27-24(31)20-12-7-8-13-21(20)25(27)32/h4-8,10-13,18H,3,9,14-17H2,1-2H3,(H,26,30)/t18-/m1/s1. The lowest BCUT2D eigenvalue weighted by Crippen LogP contribution is -2.47. The number of fused-ring (bicyclic) bond motifs is 1. The molecule has 1 atom stereocenters. The molecule has 32 heavy (non-hydrogen) atoms. The summed E-state index contributed by atoms with van der Waals surface area (Å²) in [6, 6.07) is 15.6. The molecule has 0 aliphatic carbocycles. The summed E-state index contributed by atoms with van der Waals surface area (Å²) >= 11 is 0. The zero-order valence-electron chi connectivity index (χ0n) is 18.5. The van der Waals surface area contributed by atoms with Crippen molar-refractivity contribution in [2.75, 3.05) is 13.1 Å². The Morgan fingerprint density at radius 3 is 2.16 bits per heavy atom. The van der Waals surface area contributed by atoms with Gasteiger partial charge in [0.25, 0.3) is 11.8 Å². The summed E-state index contributed by atoms with van der Waals surface area (Å²) < 4.78 is 0. The van der Waals surface area contributed by atoms with E-state index >= 15 is 0 Å². The highest BCUT2D eigenvalue weighted by Gasteiger charge is 2.35. The Balaban J connectivity index is 1.64. The van der Waals surface area contributed by atoms with E-state index in [4.69, 9.17) is 0 Å². The Labute approximate surface area is 188 Å². The number of amides is 4. The van der Waals surface area contributed by atoms with Crippen LogP contribution in [0.1, 0.15) is 59.4 Å². The third-order valence-electron chi connectivity index (χ3n) is 5.56. The van der Waals surface area contributed by atoms with E-state index in [0.717, 1.165) is 12.0 Å². The molecule has 0 spiro atoms. The normalized spacial score (nSPS) is 13.6. The highest BCUT2D eigenvalue weighted by atomic mass is 16.2. The molecule has 0 unspecified atom stereocenters. The maximum Gasteiger partial charge on any atom is 0.261 e. The van der Waals surface area contributed by atoms with Crippen molar-refractivity contribution in [2.24, 2.45) is 0 Å². The monoisotopic (exact) mass is 435 g/mol. The van der Waals surface area contributed by atoms with Crippen molar-refractivity contribution in [1.82, 2.24) is 15.1 Å². The topological polar surface area (TPSA) is 86.8 Å². The SMILES string of the molecule is CCCNC(=O)[C@@H](C)N(Cc1ccccc1)C(=O)CCCN1C(=O)c2ccccc2C1=O. The zero-order valence-corrected chi connectivity index (χ0v) is 18.5. The van der Waals surface area contributed by atoms with E-state index in [1.165, 1.54) is 4.90 Å². The van der Waals surface area contributed by atoms with Crippen molar-refractivity contribution >= 4 is 23.6 Å². The van der Waals surface area contributed by atoms with Crippen LogP contribution in [0.5, 0.6) is 0 Å². The Hall–Kier alpha value is -3.48. The number of carbonyl (C=O) groups is 4. The molecular weight excluding hydrogens is 406 g/mol. The van der Waals surface area contributed by atoms with Gasteiger partial charge in [-0.2, -0.15) is 0 Å². The van der Waals surface area contributed by atoms with Gasteiger partial charge in [0.15, 0.2) is 0 Å². The fourth-order valence-corrected chi connectivity index (χ4v) is 3.73. The second-order valence-electron chi connectivity index (χ2n) is 7.89. The first-order valence-electron chi connectivity index (χ1n) is 11.0. The Morgan fingerprint density at radius 1 is 0.969 bits per heavy atom. The van der Waals surface area contributed by atoms with Gasteiger partial charge in [-0.3, -0.25) is 24.1 Å². The number of rotatable bonds is 10. The van der Waals surface area contributed by atoms with E-state index in [-0.39, 0.29) is 36.6 Å². The predicted octanol–water partition coefficient (Wildman–Crippen LogP) is 3.01. The highest BCUT2D eigenvalue weighted by molar-refractivity contribution is 6.21. The summed E-state index contributed by atoms with van der Waals surface area (Å²) in [5.74, 6) is -1.04. The van der Waals surface area contributed by atoms with Crippen LogP contribution >= 0.6 is 0 Å². The van der Waals surface area contributed by atoms with Gasteiger partial charge in [0.1, 0.15) is 6.04 Å². The first-order valence-corrected chi connectivity index (χ1v) is 11.0. The molecule has 2 aromatic carbocycles. The molecule has 1 heterocycles. The molecule has 0 saturated heterocycles. The van der Waals surface area contributed by atoms with Gasteiger partial charge in [0.2, 0.25) is 11.8 Å². The van der Waals surface area contributed by atoms with Gasteiger partial charge >= 0.3 is 0 Å². The third kappa shape index (κ3) is 5.22. The first-order chi connectivity index (χ1) is 15.4. The second kappa shape index (κ2) is 10.7. The van der Waals surface area contributed by atoms with E-state index in [2.05, 4.69) is 5.32 Å². The molecular formula is C25H29N3O4. The lowest BCUT2D eigenvalue weighted by molar-refractivity contribution is -0.140. The molecule has 0 radical (unpaired) electrons. The number of hydrogen-bond donors (Lipinski definition) is 1. The number of nitrogens with zero attached hydrogens (tertiary/aromatic N) is 2. The molecule has 0 aromatic heterocycles. The number of imide groups is 1. The molecule has 1 aliphatic heterocycles. The molecule has 168 valence electrons. The van der Waals surface area contributed by atoms with Crippen LogP contribution in [-0.2, 0) is 16.1 Å². The van der Waals surface area contributed by atoms with Crippen molar-refractivity contribution in [3.8, 4) is 0 Å². The summed E-state index contributed by atoms with van der Waals surface area (Å²) in [4.78, 5) is 53.4. The smallest absolute Gasteiger partial charge is 0.261 e. The maximum atomic E-state index is 13.1. The van der Waals surface area contributed by atoms with Gasteiger partial charge in [-0.05, 0) is 37.5 Å². The van der Waals surface area contributed by atoms with Crippen molar-refractivity contribution in [1.29, 1.82) is 0 Å². The van der Waals surface area contributed by atoms with Gasteiger partial charge in [0.05, 0.1) is 11.1 Å². The van der Waals surface area contributed by atoms with Crippen LogP contribution in [0.15, 0.2) is 54.6 Å². The maximum absolute atomic E-state index is 13.1. The molecule has 7 heteroatoms. The van der Waals surface area contributed by atoms with Crippen LogP contribution in [0, 0.1) is 0 Å². The molecule has 4 amide bonds. The summed E-state index contributed by atoms with van der Waals surface area (Å²) in [7, 11) is 0. The van der Waals surface area contributed by atoms with Gasteiger partial charge in [-0.15, -0.1) is 0 Å². The van der Waals surface area contributed by atoms with Crippen LogP contribution < -0.4 is 5.32 Å². The largest absolute Gasteiger partial charge is 0.354 e. The number of benzene rings is 2. The van der Waals surface area contributed by atoms with E-state index in [0.29, 0.717) is 30.6 Å². The fraction of sp³-hybridized carbons (Fsp3) is 0.360. The minimum Gasteiger partial charge on any atom is -0.354 e. The molecule has 0 bridgehead atoms. The van der Waals surface area contributed by atoms with Crippen molar-refractivity contribution in [3.05, 3.63) is 71.3 Å². The number of carbonyl (C=O) groups excluding carboxylic acids is 4. The zero-order chi connectivity index (χ0) is 23.1. The fourth-order valence-electron chi connectivity index (χ4n) is 3.73. The average Bonchev–Trinajstić information content (AvgIpc) is 3.06. The molecule has 0 fully saturated rings. The Morgan fingerprint density at radius 2 is 1.56 bits per heavy atom. The highest BCUT2D eigenvalue weighted by Crippen LogP contribution is 2.23. The summed E-state index contributed by atoms with van der Waals surface area (Å²) in [5.41, 5.74) is 1.72. The van der Waals surface area contributed by atoms with E-state index in [1.807, 2.05) is 37.3 Å². The molecule has 1 N–H and O–H groups in total. The van der Waals surface area contributed by atoms with E-state index in [9.17, 15) is 19.2 Å². The molecule has 3 rings (SSSR count). The summed E-state index contributed by atoms with van der Waals surface area (Å²) in [6.45, 7) is 4.71. The molecule has 0 saturated carbocycles. The lowest BCUT2D eigenvalue weighted by Gasteiger charge is -2.29. The van der Waals surface area contributed by atoms with Crippen LogP contribution in [-0.4, -0.2) is 52.6 Å². The van der Waals surface area contributed by atoms with Gasteiger partial charge < -0.3 is 10.2 Å². The quantitative estimate of drug-likeness (QED) is 0.581. The Kier molecular flexibility index (Phi) is 7.76. The van der Waals surface area contributed by atoms with E-state index < -0.39 is 6.04 Å². The van der Waals surface area contributed by atoms with Gasteiger partial charge in [-0.25, -0.2) is 0 Å². The van der Waals surface area contributed by atoms with Crippen LogP contribution in [0.3, 0.4) is 0 Å². The van der Waals surface area contributed by atoms with Crippen LogP contribution in [0.25, 0.3) is 0 Å².